The molecule has 0 radical (unpaired) electrons. The Morgan fingerprint density at radius 2 is 1.85 bits per heavy atom. The number of para-hydroxylation sites is 1. The molecule has 0 aliphatic heterocycles. The van der Waals surface area contributed by atoms with E-state index in [1.54, 1.807) is 0 Å². The average Bonchev–Trinajstić information content (AvgIpc) is 2.47. The molecule has 1 aliphatic rings. The predicted octanol–water partition coefficient (Wildman–Crippen LogP) is 2.70. The Kier molecular flexibility index (Phi) is 3.18. The first-order valence-electron chi connectivity index (χ1n) is 6.90. The summed E-state index contributed by atoms with van der Waals surface area (Å²) in [5, 5.41) is 20.8. The number of aromatic nitrogens is 1. The van der Waals surface area contributed by atoms with Gasteiger partial charge in [0.05, 0.1) is 17.1 Å². The van der Waals surface area contributed by atoms with E-state index < -0.39 is 11.6 Å². The number of nitrogens with zero attached hydrogens (tertiary/aromatic N) is 1. The summed E-state index contributed by atoms with van der Waals surface area (Å²) in [5.74, 6) is -1.10. The van der Waals surface area contributed by atoms with Gasteiger partial charge in [-0.15, -0.1) is 0 Å². The lowest BCUT2D eigenvalue weighted by atomic mass is 9.77. The van der Waals surface area contributed by atoms with Crippen LogP contribution in [0, 0.1) is 5.92 Å². The molecule has 20 heavy (non-hydrogen) atoms. The number of fused-ring (bicyclic) bond motifs is 1. The number of rotatable bonds is 2. The second kappa shape index (κ2) is 4.87. The van der Waals surface area contributed by atoms with E-state index in [4.69, 9.17) is 5.11 Å². The Labute approximate surface area is 117 Å². The second-order valence-corrected chi connectivity index (χ2v) is 5.53. The van der Waals surface area contributed by atoms with Crippen LogP contribution in [0.2, 0.25) is 0 Å². The monoisotopic (exact) mass is 271 g/mol. The fourth-order valence-corrected chi connectivity index (χ4v) is 2.92. The van der Waals surface area contributed by atoms with Crippen LogP contribution in [-0.4, -0.2) is 21.2 Å². The number of hydrogen-bond donors (Lipinski definition) is 2. The van der Waals surface area contributed by atoms with Gasteiger partial charge in [0.2, 0.25) is 0 Å². The van der Waals surface area contributed by atoms with Crippen molar-refractivity contribution in [3.05, 3.63) is 42.1 Å². The van der Waals surface area contributed by atoms with E-state index in [0.717, 1.165) is 10.9 Å². The normalized spacial score (nSPS) is 26.6. The number of benzene rings is 1. The van der Waals surface area contributed by atoms with Crippen LogP contribution < -0.4 is 0 Å². The van der Waals surface area contributed by atoms with Crippen molar-refractivity contribution in [1.82, 2.24) is 4.98 Å². The van der Waals surface area contributed by atoms with Gasteiger partial charge < -0.3 is 10.2 Å². The summed E-state index contributed by atoms with van der Waals surface area (Å²) in [6, 6.07) is 11.6. The summed E-state index contributed by atoms with van der Waals surface area (Å²) in [5.41, 5.74) is 0.523. The first-order chi connectivity index (χ1) is 9.58. The van der Waals surface area contributed by atoms with Gasteiger partial charge in [-0.25, -0.2) is 4.98 Å². The van der Waals surface area contributed by atoms with Crippen molar-refractivity contribution < 1.29 is 15.0 Å². The van der Waals surface area contributed by atoms with Gasteiger partial charge in [0.25, 0.3) is 0 Å². The first-order valence-corrected chi connectivity index (χ1v) is 6.90. The van der Waals surface area contributed by atoms with Crippen molar-refractivity contribution in [3.8, 4) is 0 Å². The Bertz CT molecular complexity index is 645. The molecule has 4 heteroatoms. The third-order valence-electron chi connectivity index (χ3n) is 4.24. The van der Waals surface area contributed by atoms with Gasteiger partial charge in [-0.05, 0) is 37.8 Å². The molecule has 1 aromatic heterocycles. The molecular weight excluding hydrogens is 254 g/mol. The Morgan fingerprint density at radius 1 is 1.15 bits per heavy atom. The minimum absolute atomic E-state index is 0.337. The summed E-state index contributed by atoms with van der Waals surface area (Å²) in [7, 11) is 0. The van der Waals surface area contributed by atoms with Crippen molar-refractivity contribution in [2.45, 2.75) is 31.3 Å². The van der Waals surface area contributed by atoms with E-state index in [1.807, 2.05) is 36.4 Å². The molecule has 1 saturated carbocycles. The molecule has 0 spiro atoms. The molecule has 0 unspecified atom stereocenters. The van der Waals surface area contributed by atoms with Crippen LogP contribution in [0.1, 0.15) is 31.4 Å². The molecule has 1 aromatic carbocycles. The molecule has 3 rings (SSSR count). The summed E-state index contributed by atoms with van der Waals surface area (Å²) >= 11 is 0. The number of carbonyl (C=O) groups is 1. The third-order valence-corrected chi connectivity index (χ3v) is 4.24. The van der Waals surface area contributed by atoms with Crippen LogP contribution in [0.4, 0.5) is 0 Å². The quantitative estimate of drug-likeness (QED) is 0.881. The van der Waals surface area contributed by atoms with Gasteiger partial charge in [-0.1, -0.05) is 24.3 Å². The second-order valence-electron chi connectivity index (χ2n) is 5.53. The maximum atomic E-state index is 11.0. The summed E-state index contributed by atoms with van der Waals surface area (Å²) in [6.07, 6.45) is 1.91. The number of aliphatic hydroxyl groups is 1. The fraction of sp³-hybridized carbons (Fsp3) is 0.375. The lowest BCUT2D eigenvalue weighted by molar-refractivity contribution is -0.145. The molecule has 0 bridgehead atoms. The topological polar surface area (TPSA) is 70.4 Å². The molecule has 104 valence electrons. The van der Waals surface area contributed by atoms with Gasteiger partial charge in [0, 0.05) is 5.39 Å². The van der Waals surface area contributed by atoms with Crippen LogP contribution in [0.3, 0.4) is 0 Å². The van der Waals surface area contributed by atoms with E-state index in [9.17, 15) is 9.90 Å². The minimum atomic E-state index is -0.990. The Hall–Kier alpha value is -1.94. The fourth-order valence-electron chi connectivity index (χ4n) is 2.92. The predicted molar refractivity (Wildman–Crippen MR) is 75.2 cm³/mol. The highest BCUT2D eigenvalue weighted by atomic mass is 16.4. The van der Waals surface area contributed by atoms with Gasteiger partial charge >= 0.3 is 5.97 Å². The molecule has 4 nitrogen and oxygen atoms in total. The zero-order chi connectivity index (χ0) is 14.2. The van der Waals surface area contributed by atoms with Crippen LogP contribution >= 0.6 is 0 Å². The Balaban J connectivity index is 1.89. The Morgan fingerprint density at radius 3 is 2.55 bits per heavy atom. The van der Waals surface area contributed by atoms with Crippen molar-refractivity contribution >= 4 is 16.9 Å². The highest BCUT2D eigenvalue weighted by molar-refractivity contribution is 5.78. The van der Waals surface area contributed by atoms with E-state index in [-0.39, 0.29) is 5.92 Å². The van der Waals surface area contributed by atoms with Gasteiger partial charge in [0.15, 0.2) is 0 Å². The number of pyridine rings is 1. The number of carboxylic acid groups (broad SMARTS) is 1. The maximum absolute atomic E-state index is 11.0. The minimum Gasteiger partial charge on any atom is -0.481 e. The lowest BCUT2D eigenvalue weighted by Crippen LogP contribution is -2.34. The molecule has 2 N–H and O–H groups in total. The van der Waals surface area contributed by atoms with E-state index >= 15 is 0 Å². The number of hydrogen-bond acceptors (Lipinski definition) is 3. The molecule has 1 fully saturated rings. The van der Waals surface area contributed by atoms with Crippen LogP contribution in [0.5, 0.6) is 0 Å². The summed E-state index contributed by atoms with van der Waals surface area (Å²) < 4.78 is 0. The highest BCUT2D eigenvalue weighted by Gasteiger charge is 2.38. The number of aliphatic carboxylic acids is 1. The van der Waals surface area contributed by atoms with Gasteiger partial charge in [0.1, 0.15) is 5.60 Å². The first kappa shape index (κ1) is 13.1. The van der Waals surface area contributed by atoms with Crippen LogP contribution in [0.25, 0.3) is 10.9 Å². The van der Waals surface area contributed by atoms with Crippen molar-refractivity contribution in [2.24, 2.45) is 5.92 Å². The van der Waals surface area contributed by atoms with E-state index in [0.29, 0.717) is 31.4 Å². The van der Waals surface area contributed by atoms with Gasteiger partial charge in [-0.2, -0.15) is 0 Å². The van der Waals surface area contributed by atoms with E-state index in [1.165, 1.54) is 0 Å². The zero-order valence-corrected chi connectivity index (χ0v) is 11.1. The molecule has 1 aliphatic carbocycles. The van der Waals surface area contributed by atoms with Crippen molar-refractivity contribution in [1.29, 1.82) is 0 Å². The number of carboxylic acids is 1. The standard InChI is InChI=1S/C16H17NO3/c18-15(19)12-7-9-16(20,10-8-12)14-6-5-11-3-1-2-4-13(11)17-14/h1-6,12,20H,7-10H2,(H,18,19). The zero-order valence-electron chi connectivity index (χ0n) is 11.1. The molecule has 0 atom stereocenters. The maximum Gasteiger partial charge on any atom is 0.306 e. The van der Waals surface area contributed by atoms with Gasteiger partial charge in [-0.3, -0.25) is 4.79 Å². The van der Waals surface area contributed by atoms with Crippen molar-refractivity contribution in [3.63, 3.8) is 0 Å². The van der Waals surface area contributed by atoms with Crippen molar-refractivity contribution in [2.75, 3.05) is 0 Å². The summed E-state index contributed by atoms with van der Waals surface area (Å²) in [6.45, 7) is 0. The molecular formula is C16H17NO3. The smallest absolute Gasteiger partial charge is 0.306 e. The third kappa shape index (κ3) is 2.27. The van der Waals surface area contributed by atoms with E-state index in [2.05, 4.69) is 4.98 Å². The average molecular weight is 271 g/mol. The molecule has 1 heterocycles. The lowest BCUT2D eigenvalue weighted by Gasteiger charge is -2.34. The molecule has 0 amide bonds. The largest absolute Gasteiger partial charge is 0.481 e. The molecule has 2 aromatic rings. The summed E-state index contributed by atoms with van der Waals surface area (Å²) in [4.78, 5) is 15.5. The highest BCUT2D eigenvalue weighted by Crippen LogP contribution is 2.39. The van der Waals surface area contributed by atoms with Crippen LogP contribution in [-0.2, 0) is 10.4 Å². The van der Waals surface area contributed by atoms with Crippen LogP contribution in [0.15, 0.2) is 36.4 Å². The SMILES string of the molecule is O=C(O)C1CCC(O)(c2ccc3ccccc3n2)CC1. The molecule has 0 saturated heterocycles.